The summed E-state index contributed by atoms with van der Waals surface area (Å²) in [7, 11) is 0. The van der Waals surface area contributed by atoms with Gasteiger partial charge in [-0.25, -0.2) is 4.39 Å². The van der Waals surface area contributed by atoms with E-state index in [1.165, 1.54) is 17.0 Å². The van der Waals surface area contributed by atoms with Gasteiger partial charge in [-0.1, -0.05) is 6.07 Å². The number of hydrogen-bond acceptors (Lipinski definition) is 2. The van der Waals surface area contributed by atoms with Gasteiger partial charge in [0, 0.05) is 17.6 Å². The molecule has 0 bridgehead atoms. The van der Waals surface area contributed by atoms with Crippen molar-refractivity contribution >= 4 is 21.8 Å². The monoisotopic (exact) mass is 287 g/mol. The van der Waals surface area contributed by atoms with Gasteiger partial charge in [-0.3, -0.25) is 4.79 Å². The summed E-state index contributed by atoms with van der Waals surface area (Å²) < 4.78 is 14.0. The lowest BCUT2D eigenvalue weighted by Crippen LogP contribution is -2.30. The summed E-state index contributed by atoms with van der Waals surface area (Å²) in [5.74, 6) is -0.915. The van der Waals surface area contributed by atoms with Gasteiger partial charge in [-0.15, -0.1) is 0 Å². The highest BCUT2D eigenvalue weighted by Gasteiger charge is 2.28. The Morgan fingerprint density at radius 2 is 2.31 bits per heavy atom. The molecule has 0 aliphatic carbocycles. The summed E-state index contributed by atoms with van der Waals surface area (Å²) >= 11 is 3.16. The molecule has 0 unspecified atom stereocenters. The minimum Gasteiger partial charge on any atom is -0.391 e. The Hall–Kier alpha value is -0.940. The second-order valence-corrected chi connectivity index (χ2v) is 4.64. The van der Waals surface area contributed by atoms with E-state index in [0.29, 0.717) is 17.4 Å². The van der Waals surface area contributed by atoms with Crippen LogP contribution in [0.25, 0.3) is 0 Å². The van der Waals surface area contributed by atoms with Crippen molar-refractivity contribution in [2.75, 3.05) is 13.1 Å². The molecule has 1 aromatic carbocycles. The fourth-order valence-corrected chi connectivity index (χ4v) is 2.30. The molecular formula is C11H11BrFNO2. The van der Waals surface area contributed by atoms with E-state index < -0.39 is 11.9 Å². The molecule has 1 N–H and O–H groups in total. The number of halogens is 2. The SMILES string of the molecule is O=C(c1c(F)cccc1Br)N1CC[C@H](O)C1. The normalized spacial score (nSPS) is 20.2. The standard InChI is InChI=1S/C11H11BrFNO2/c12-8-2-1-3-9(13)10(8)11(16)14-5-4-7(15)6-14/h1-3,7,15H,4-6H2/t7-/m0/s1. The topological polar surface area (TPSA) is 40.5 Å². The van der Waals surface area contributed by atoms with E-state index in [-0.39, 0.29) is 18.0 Å². The Morgan fingerprint density at radius 1 is 1.56 bits per heavy atom. The van der Waals surface area contributed by atoms with E-state index in [4.69, 9.17) is 0 Å². The van der Waals surface area contributed by atoms with Gasteiger partial charge < -0.3 is 10.0 Å². The maximum Gasteiger partial charge on any atom is 0.258 e. The van der Waals surface area contributed by atoms with Crippen molar-refractivity contribution < 1.29 is 14.3 Å². The van der Waals surface area contributed by atoms with Crippen LogP contribution in [-0.2, 0) is 0 Å². The van der Waals surface area contributed by atoms with Crippen LogP contribution >= 0.6 is 15.9 Å². The van der Waals surface area contributed by atoms with Gasteiger partial charge in [-0.2, -0.15) is 0 Å². The summed E-state index contributed by atoms with van der Waals surface area (Å²) in [6.07, 6.45) is 0.0622. The zero-order valence-corrected chi connectivity index (χ0v) is 10.1. The largest absolute Gasteiger partial charge is 0.391 e. The Labute approximate surface area is 101 Å². The lowest BCUT2D eigenvalue weighted by Gasteiger charge is -2.16. The number of carbonyl (C=O) groups is 1. The summed E-state index contributed by atoms with van der Waals surface area (Å²) in [6, 6.07) is 4.42. The molecule has 0 spiro atoms. The lowest BCUT2D eigenvalue weighted by molar-refractivity contribution is 0.0759. The molecule has 1 heterocycles. The van der Waals surface area contributed by atoms with Crippen molar-refractivity contribution in [3.8, 4) is 0 Å². The Kier molecular flexibility index (Phi) is 3.25. The fourth-order valence-electron chi connectivity index (χ4n) is 1.79. The highest BCUT2D eigenvalue weighted by atomic mass is 79.9. The lowest BCUT2D eigenvalue weighted by atomic mass is 10.2. The molecule has 0 aromatic heterocycles. The van der Waals surface area contributed by atoms with E-state index in [1.807, 2.05) is 0 Å². The van der Waals surface area contributed by atoms with Crippen LogP contribution in [0.1, 0.15) is 16.8 Å². The molecule has 0 radical (unpaired) electrons. The number of amides is 1. The first-order chi connectivity index (χ1) is 7.59. The van der Waals surface area contributed by atoms with Crippen LogP contribution in [-0.4, -0.2) is 35.1 Å². The summed E-state index contributed by atoms with van der Waals surface area (Å²) in [6.45, 7) is 0.750. The summed E-state index contributed by atoms with van der Waals surface area (Å²) in [5.41, 5.74) is 0.0385. The molecule has 1 amide bonds. The van der Waals surface area contributed by atoms with Gasteiger partial charge in [-0.05, 0) is 34.5 Å². The van der Waals surface area contributed by atoms with Crippen LogP contribution in [0.3, 0.4) is 0 Å². The van der Waals surface area contributed by atoms with Gasteiger partial charge in [0.1, 0.15) is 5.82 Å². The zero-order chi connectivity index (χ0) is 11.7. The first-order valence-corrected chi connectivity index (χ1v) is 5.80. The molecule has 1 aliphatic heterocycles. The number of aliphatic hydroxyl groups excluding tert-OH is 1. The van der Waals surface area contributed by atoms with Crippen LogP contribution in [0.2, 0.25) is 0 Å². The Balaban J connectivity index is 2.27. The molecule has 1 saturated heterocycles. The number of rotatable bonds is 1. The van der Waals surface area contributed by atoms with Gasteiger partial charge in [0.25, 0.3) is 5.91 Å². The second kappa shape index (κ2) is 4.51. The van der Waals surface area contributed by atoms with Crippen molar-refractivity contribution in [3.63, 3.8) is 0 Å². The minimum absolute atomic E-state index is 0.0385. The smallest absolute Gasteiger partial charge is 0.258 e. The molecule has 86 valence electrons. The van der Waals surface area contributed by atoms with Crippen molar-refractivity contribution in [1.82, 2.24) is 4.90 Å². The zero-order valence-electron chi connectivity index (χ0n) is 8.49. The van der Waals surface area contributed by atoms with Crippen LogP contribution in [0.15, 0.2) is 22.7 Å². The Bertz CT molecular complexity index is 404. The maximum absolute atomic E-state index is 13.5. The second-order valence-electron chi connectivity index (χ2n) is 3.79. The predicted octanol–water partition coefficient (Wildman–Crippen LogP) is 1.79. The third kappa shape index (κ3) is 2.10. The van der Waals surface area contributed by atoms with Crippen molar-refractivity contribution in [2.45, 2.75) is 12.5 Å². The molecule has 16 heavy (non-hydrogen) atoms. The summed E-state index contributed by atoms with van der Waals surface area (Å²) in [5, 5.41) is 9.33. The fraction of sp³-hybridized carbons (Fsp3) is 0.364. The number of nitrogens with zero attached hydrogens (tertiary/aromatic N) is 1. The first-order valence-electron chi connectivity index (χ1n) is 5.01. The highest BCUT2D eigenvalue weighted by Crippen LogP contribution is 2.23. The number of hydrogen-bond donors (Lipinski definition) is 1. The van der Waals surface area contributed by atoms with E-state index >= 15 is 0 Å². The molecule has 1 aliphatic rings. The van der Waals surface area contributed by atoms with E-state index in [9.17, 15) is 14.3 Å². The van der Waals surface area contributed by atoms with Crippen LogP contribution in [0, 0.1) is 5.82 Å². The highest BCUT2D eigenvalue weighted by molar-refractivity contribution is 9.10. The molecule has 5 heteroatoms. The average molecular weight is 288 g/mol. The molecule has 1 fully saturated rings. The van der Waals surface area contributed by atoms with Gasteiger partial charge >= 0.3 is 0 Å². The average Bonchev–Trinajstić information content (AvgIpc) is 2.64. The quantitative estimate of drug-likeness (QED) is 0.856. The molecule has 3 nitrogen and oxygen atoms in total. The molecule has 2 rings (SSSR count). The van der Waals surface area contributed by atoms with Crippen LogP contribution < -0.4 is 0 Å². The van der Waals surface area contributed by atoms with E-state index in [2.05, 4.69) is 15.9 Å². The number of aliphatic hydroxyl groups is 1. The van der Waals surface area contributed by atoms with Gasteiger partial charge in [0.05, 0.1) is 11.7 Å². The van der Waals surface area contributed by atoms with E-state index in [1.54, 1.807) is 6.07 Å². The third-order valence-electron chi connectivity index (χ3n) is 2.63. The molecule has 1 aromatic rings. The van der Waals surface area contributed by atoms with Crippen molar-refractivity contribution in [3.05, 3.63) is 34.1 Å². The molecule has 1 atom stereocenters. The maximum atomic E-state index is 13.5. The summed E-state index contributed by atoms with van der Waals surface area (Å²) in [4.78, 5) is 13.4. The van der Waals surface area contributed by atoms with Gasteiger partial charge in [0.15, 0.2) is 0 Å². The number of carbonyl (C=O) groups excluding carboxylic acids is 1. The molecular weight excluding hydrogens is 277 g/mol. The van der Waals surface area contributed by atoms with Crippen molar-refractivity contribution in [2.24, 2.45) is 0 Å². The van der Waals surface area contributed by atoms with Gasteiger partial charge in [0.2, 0.25) is 0 Å². The Morgan fingerprint density at radius 3 is 2.88 bits per heavy atom. The third-order valence-corrected chi connectivity index (χ3v) is 3.29. The van der Waals surface area contributed by atoms with Crippen LogP contribution in [0.4, 0.5) is 4.39 Å². The number of β-amino-alcohol motifs (C(OH)–C–C–N with tert-alkyl or cyclic N) is 1. The van der Waals surface area contributed by atoms with Crippen LogP contribution in [0.5, 0.6) is 0 Å². The first kappa shape index (κ1) is 11.5. The molecule has 0 saturated carbocycles. The predicted molar refractivity (Wildman–Crippen MR) is 60.6 cm³/mol. The number of likely N-dealkylation sites (tertiary alicyclic amines) is 1. The minimum atomic E-state index is -0.541. The van der Waals surface area contributed by atoms with E-state index in [0.717, 1.165) is 0 Å². The number of benzene rings is 1. The van der Waals surface area contributed by atoms with Crippen molar-refractivity contribution in [1.29, 1.82) is 0 Å².